The van der Waals surface area contributed by atoms with Gasteiger partial charge in [-0.3, -0.25) is 0 Å². The van der Waals surface area contributed by atoms with Crippen LogP contribution in [0.4, 0.5) is 0 Å². The lowest BCUT2D eigenvalue weighted by molar-refractivity contribution is 0.597. The maximum atomic E-state index is 13.8. The summed E-state index contributed by atoms with van der Waals surface area (Å²) in [5.41, 5.74) is 3.13. The zero-order valence-electron chi connectivity index (χ0n) is 15.3. The maximum Gasteiger partial charge on any atom is 0.210 e. The van der Waals surface area contributed by atoms with Crippen molar-refractivity contribution in [2.24, 2.45) is 0 Å². The normalized spacial score (nSPS) is 12.4. The Morgan fingerprint density at radius 2 is 0.897 bits per heavy atom. The van der Waals surface area contributed by atoms with Gasteiger partial charge >= 0.3 is 0 Å². The Morgan fingerprint density at radius 3 is 1.38 bits per heavy atom. The molecule has 4 aromatic carbocycles. The van der Waals surface area contributed by atoms with Crippen LogP contribution in [-0.4, -0.2) is 18.4 Å². The van der Waals surface area contributed by atoms with Crippen LogP contribution >= 0.6 is 0 Å². The fourth-order valence-corrected chi connectivity index (χ4v) is 5.87. The van der Waals surface area contributed by atoms with Crippen molar-refractivity contribution in [2.45, 2.75) is 9.79 Å². The molecule has 6 aromatic rings. The van der Waals surface area contributed by atoms with Gasteiger partial charge in [0.05, 0.1) is 20.8 Å². The molecule has 0 spiro atoms. The number of rotatable bonds is 2. The maximum absolute atomic E-state index is 13.8. The van der Waals surface area contributed by atoms with Gasteiger partial charge in [-0.25, -0.2) is 8.42 Å². The van der Waals surface area contributed by atoms with E-state index in [0.29, 0.717) is 11.0 Å². The highest BCUT2D eigenvalue weighted by atomic mass is 32.2. The predicted octanol–water partition coefficient (Wildman–Crippen LogP) is 5.79. The van der Waals surface area contributed by atoms with Gasteiger partial charge in [0, 0.05) is 32.6 Å². The van der Waals surface area contributed by atoms with E-state index in [1.54, 1.807) is 24.3 Å². The summed E-state index contributed by atoms with van der Waals surface area (Å²) < 4.78 is 27.6. The Labute approximate surface area is 166 Å². The summed E-state index contributed by atoms with van der Waals surface area (Å²) in [5.74, 6) is 0. The third-order valence-corrected chi connectivity index (χ3v) is 7.42. The van der Waals surface area contributed by atoms with Crippen molar-refractivity contribution in [3.8, 4) is 0 Å². The number of hydrogen-bond acceptors (Lipinski definition) is 2. The van der Waals surface area contributed by atoms with Crippen LogP contribution in [0.5, 0.6) is 0 Å². The zero-order valence-corrected chi connectivity index (χ0v) is 16.1. The molecule has 4 nitrogen and oxygen atoms in total. The summed E-state index contributed by atoms with van der Waals surface area (Å²) in [6, 6.07) is 26.6. The number of para-hydroxylation sites is 4. The molecule has 140 valence electrons. The summed E-state index contributed by atoms with van der Waals surface area (Å²) >= 11 is 0. The summed E-state index contributed by atoms with van der Waals surface area (Å²) in [6.07, 6.45) is 0. The van der Waals surface area contributed by atoms with Gasteiger partial charge in [-0.05, 0) is 24.3 Å². The molecule has 2 heterocycles. The Morgan fingerprint density at radius 1 is 0.483 bits per heavy atom. The Balaban J connectivity index is 1.69. The molecule has 5 heteroatoms. The molecule has 2 N–H and O–H groups in total. The molecular weight excluding hydrogens is 380 g/mol. The number of hydrogen-bond donors (Lipinski definition) is 2. The van der Waals surface area contributed by atoms with E-state index in [0.717, 1.165) is 32.6 Å². The lowest BCUT2D eigenvalue weighted by Crippen LogP contribution is -2.03. The summed E-state index contributed by atoms with van der Waals surface area (Å²) in [7, 11) is -3.75. The molecule has 0 aliphatic carbocycles. The van der Waals surface area contributed by atoms with Crippen molar-refractivity contribution in [1.82, 2.24) is 9.97 Å². The monoisotopic (exact) mass is 396 g/mol. The van der Waals surface area contributed by atoms with Crippen LogP contribution in [0.15, 0.2) is 94.7 Å². The van der Waals surface area contributed by atoms with Crippen molar-refractivity contribution in [1.29, 1.82) is 0 Å². The number of aromatic nitrogens is 2. The standard InChI is InChI=1S/C24H16N2O2S/c27-29(28,21-13-5-9-17-15-7-1-3-11-19(15)25-23(17)21)22-14-6-10-18-16-8-2-4-12-20(16)26-24(18)22/h1-14,25-26H. The van der Waals surface area contributed by atoms with Crippen LogP contribution in [0.3, 0.4) is 0 Å². The van der Waals surface area contributed by atoms with Crippen molar-refractivity contribution in [3.05, 3.63) is 84.9 Å². The molecule has 0 atom stereocenters. The smallest absolute Gasteiger partial charge is 0.210 e. The van der Waals surface area contributed by atoms with Crippen LogP contribution in [0.1, 0.15) is 0 Å². The SMILES string of the molecule is O=S(=O)(c1cccc2c1[nH]c1ccccc12)c1cccc2c1[nH]c1ccccc12. The number of benzene rings is 4. The molecule has 0 amide bonds. The number of H-pyrrole nitrogens is 2. The van der Waals surface area contributed by atoms with E-state index in [4.69, 9.17) is 0 Å². The van der Waals surface area contributed by atoms with Crippen LogP contribution in [-0.2, 0) is 9.84 Å². The van der Waals surface area contributed by atoms with Crippen LogP contribution in [0.2, 0.25) is 0 Å². The minimum absolute atomic E-state index is 0.289. The van der Waals surface area contributed by atoms with E-state index >= 15 is 0 Å². The van der Waals surface area contributed by atoms with E-state index in [1.165, 1.54) is 0 Å². The van der Waals surface area contributed by atoms with Gasteiger partial charge in [0.2, 0.25) is 9.84 Å². The molecular formula is C24H16N2O2S. The first-order valence-electron chi connectivity index (χ1n) is 9.38. The van der Waals surface area contributed by atoms with E-state index in [-0.39, 0.29) is 9.79 Å². The lowest BCUT2D eigenvalue weighted by atomic mass is 10.1. The predicted molar refractivity (Wildman–Crippen MR) is 117 cm³/mol. The van der Waals surface area contributed by atoms with Gasteiger partial charge in [0.1, 0.15) is 0 Å². The molecule has 0 fully saturated rings. The molecule has 0 unspecified atom stereocenters. The third-order valence-electron chi connectivity index (χ3n) is 5.59. The van der Waals surface area contributed by atoms with E-state index in [1.807, 2.05) is 60.7 Å². The van der Waals surface area contributed by atoms with Crippen LogP contribution in [0, 0.1) is 0 Å². The fraction of sp³-hybridized carbons (Fsp3) is 0. The first-order valence-corrected chi connectivity index (χ1v) is 10.9. The highest BCUT2D eigenvalue weighted by Gasteiger charge is 2.25. The highest BCUT2D eigenvalue weighted by Crippen LogP contribution is 2.36. The lowest BCUT2D eigenvalue weighted by Gasteiger charge is -2.07. The molecule has 6 rings (SSSR count). The van der Waals surface area contributed by atoms with Gasteiger partial charge in [0.25, 0.3) is 0 Å². The fourth-order valence-electron chi connectivity index (χ4n) is 4.26. The van der Waals surface area contributed by atoms with Gasteiger partial charge < -0.3 is 9.97 Å². The second-order valence-corrected chi connectivity index (χ2v) is 9.09. The Hall–Kier alpha value is -3.57. The summed E-state index contributed by atoms with van der Waals surface area (Å²) in [6.45, 7) is 0. The Bertz CT molecular complexity index is 1550. The number of fused-ring (bicyclic) bond motifs is 6. The quantitative estimate of drug-likeness (QED) is 0.389. The van der Waals surface area contributed by atoms with Crippen LogP contribution in [0.25, 0.3) is 43.6 Å². The number of sulfone groups is 1. The average molecular weight is 396 g/mol. The van der Waals surface area contributed by atoms with E-state index < -0.39 is 9.84 Å². The van der Waals surface area contributed by atoms with Gasteiger partial charge in [-0.2, -0.15) is 0 Å². The van der Waals surface area contributed by atoms with Gasteiger partial charge in [-0.15, -0.1) is 0 Å². The minimum Gasteiger partial charge on any atom is -0.353 e. The molecule has 29 heavy (non-hydrogen) atoms. The van der Waals surface area contributed by atoms with E-state index in [2.05, 4.69) is 9.97 Å². The molecule has 0 saturated heterocycles. The molecule has 2 aromatic heterocycles. The Kier molecular flexibility index (Phi) is 3.23. The second-order valence-electron chi connectivity index (χ2n) is 7.20. The number of nitrogens with one attached hydrogen (secondary N) is 2. The van der Waals surface area contributed by atoms with Gasteiger partial charge in [-0.1, -0.05) is 60.7 Å². The first kappa shape index (κ1) is 16.4. The van der Waals surface area contributed by atoms with Crippen molar-refractivity contribution < 1.29 is 8.42 Å². The number of aromatic amines is 2. The molecule has 0 bridgehead atoms. The molecule has 0 radical (unpaired) electrons. The average Bonchev–Trinajstić information content (AvgIpc) is 3.31. The second kappa shape index (κ2) is 5.72. The molecule has 0 aliphatic heterocycles. The van der Waals surface area contributed by atoms with Crippen molar-refractivity contribution in [2.75, 3.05) is 0 Å². The molecule has 0 saturated carbocycles. The van der Waals surface area contributed by atoms with E-state index in [9.17, 15) is 8.42 Å². The molecule has 0 aliphatic rings. The first-order chi connectivity index (χ1) is 14.1. The summed E-state index contributed by atoms with van der Waals surface area (Å²) in [4.78, 5) is 7.19. The third kappa shape index (κ3) is 2.22. The minimum atomic E-state index is -3.75. The van der Waals surface area contributed by atoms with Crippen molar-refractivity contribution >= 4 is 53.4 Å². The summed E-state index contributed by atoms with van der Waals surface area (Å²) in [5, 5.41) is 3.85. The van der Waals surface area contributed by atoms with Crippen molar-refractivity contribution in [3.63, 3.8) is 0 Å². The topological polar surface area (TPSA) is 65.7 Å². The zero-order chi connectivity index (χ0) is 19.6. The highest BCUT2D eigenvalue weighted by molar-refractivity contribution is 7.92. The van der Waals surface area contributed by atoms with Gasteiger partial charge in [0.15, 0.2) is 0 Å². The van der Waals surface area contributed by atoms with Crippen LogP contribution < -0.4 is 0 Å². The largest absolute Gasteiger partial charge is 0.353 e.